The average molecular weight is 229 g/mol. The topological polar surface area (TPSA) is 51.0 Å². The first-order chi connectivity index (χ1) is 8.33. The zero-order chi connectivity index (χ0) is 11.7. The molecule has 4 heteroatoms. The number of nitrogens with zero attached hydrogens (tertiary/aromatic N) is 2. The van der Waals surface area contributed by atoms with Gasteiger partial charge in [0, 0.05) is 12.0 Å². The molecule has 1 N–H and O–H groups in total. The quantitative estimate of drug-likeness (QED) is 0.872. The number of benzene rings is 1. The minimum absolute atomic E-state index is 0.630. The molecule has 17 heavy (non-hydrogen) atoms. The van der Waals surface area contributed by atoms with Gasteiger partial charge in [0.25, 0.3) is 0 Å². The minimum Gasteiger partial charge on any atom is -0.421 e. The van der Waals surface area contributed by atoms with Crippen LogP contribution in [0, 0.1) is 12.8 Å². The molecule has 0 bridgehead atoms. The third-order valence-corrected chi connectivity index (χ3v) is 3.17. The number of rotatable bonds is 3. The molecule has 1 aliphatic rings. The van der Waals surface area contributed by atoms with Gasteiger partial charge in [0.2, 0.25) is 11.8 Å². The molecule has 0 spiro atoms. The lowest BCUT2D eigenvalue weighted by molar-refractivity contribution is 0.319. The second-order valence-corrected chi connectivity index (χ2v) is 4.54. The van der Waals surface area contributed by atoms with Crippen LogP contribution >= 0.6 is 0 Å². The van der Waals surface area contributed by atoms with Crippen molar-refractivity contribution in [3.63, 3.8) is 0 Å². The molecule has 1 aromatic carbocycles. The average Bonchev–Trinajstić information content (AvgIpc) is 2.73. The largest absolute Gasteiger partial charge is 0.421 e. The SMILES string of the molecule is Cc1ccccc1-c1nnc(CC2CNC2)o1. The zero-order valence-corrected chi connectivity index (χ0v) is 9.81. The first-order valence-corrected chi connectivity index (χ1v) is 5.92. The Kier molecular flexibility index (Phi) is 2.65. The lowest BCUT2D eigenvalue weighted by atomic mass is 10.00. The smallest absolute Gasteiger partial charge is 0.247 e. The predicted molar refractivity (Wildman–Crippen MR) is 64.5 cm³/mol. The molecule has 0 saturated carbocycles. The lowest BCUT2D eigenvalue weighted by Crippen LogP contribution is -2.43. The highest BCUT2D eigenvalue weighted by Gasteiger charge is 2.20. The van der Waals surface area contributed by atoms with Crippen LogP contribution in [0.2, 0.25) is 0 Å². The third kappa shape index (κ3) is 2.08. The van der Waals surface area contributed by atoms with Crippen LogP contribution in [0.25, 0.3) is 11.5 Å². The first kappa shape index (κ1) is 10.5. The van der Waals surface area contributed by atoms with E-state index in [1.807, 2.05) is 18.2 Å². The minimum atomic E-state index is 0.630. The molecule has 2 aromatic rings. The summed E-state index contributed by atoms with van der Waals surface area (Å²) in [6.07, 6.45) is 0.881. The predicted octanol–water partition coefficient (Wildman–Crippen LogP) is 1.81. The van der Waals surface area contributed by atoms with Gasteiger partial charge in [0.1, 0.15) is 0 Å². The molecule has 0 unspecified atom stereocenters. The molecule has 1 aromatic heterocycles. The molecule has 0 radical (unpaired) electrons. The molecule has 2 heterocycles. The maximum Gasteiger partial charge on any atom is 0.247 e. The normalized spacial score (nSPS) is 15.8. The van der Waals surface area contributed by atoms with Crippen LogP contribution in [0.5, 0.6) is 0 Å². The number of hydrogen-bond donors (Lipinski definition) is 1. The van der Waals surface area contributed by atoms with E-state index in [2.05, 4.69) is 28.5 Å². The Morgan fingerprint density at radius 1 is 1.29 bits per heavy atom. The summed E-state index contributed by atoms with van der Waals surface area (Å²) in [5, 5.41) is 11.5. The molecule has 1 saturated heterocycles. The second-order valence-electron chi connectivity index (χ2n) is 4.54. The summed E-state index contributed by atoms with van der Waals surface area (Å²) in [5.74, 6) is 2.03. The Hall–Kier alpha value is -1.68. The molecule has 0 atom stereocenters. The molecule has 1 aliphatic heterocycles. The van der Waals surface area contributed by atoms with Crippen molar-refractivity contribution in [2.45, 2.75) is 13.3 Å². The van der Waals surface area contributed by atoms with Gasteiger partial charge >= 0.3 is 0 Å². The summed E-state index contributed by atoms with van der Waals surface area (Å²) < 4.78 is 5.71. The summed E-state index contributed by atoms with van der Waals surface area (Å²) in [6, 6.07) is 8.06. The highest BCUT2D eigenvalue weighted by atomic mass is 16.4. The van der Waals surface area contributed by atoms with Crippen molar-refractivity contribution in [3.8, 4) is 11.5 Å². The van der Waals surface area contributed by atoms with Crippen molar-refractivity contribution < 1.29 is 4.42 Å². The zero-order valence-electron chi connectivity index (χ0n) is 9.81. The van der Waals surface area contributed by atoms with Gasteiger partial charge in [-0.2, -0.15) is 0 Å². The van der Waals surface area contributed by atoms with E-state index >= 15 is 0 Å². The van der Waals surface area contributed by atoms with Gasteiger partial charge in [-0.15, -0.1) is 10.2 Å². The highest BCUT2D eigenvalue weighted by molar-refractivity contribution is 5.57. The maximum absolute atomic E-state index is 5.71. The van der Waals surface area contributed by atoms with E-state index < -0.39 is 0 Å². The molecular weight excluding hydrogens is 214 g/mol. The van der Waals surface area contributed by atoms with Crippen molar-refractivity contribution in [3.05, 3.63) is 35.7 Å². The van der Waals surface area contributed by atoms with Gasteiger partial charge in [-0.25, -0.2) is 0 Å². The fourth-order valence-electron chi connectivity index (χ4n) is 2.00. The Balaban J connectivity index is 1.82. The fourth-order valence-corrected chi connectivity index (χ4v) is 2.00. The van der Waals surface area contributed by atoms with Crippen molar-refractivity contribution in [2.24, 2.45) is 5.92 Å². The van der Waals surface area contributed by atoms with E-state index in [0.29, 0.717) is 11.8 Å². The highest BCUT2D eigenvalue weighted by Crippen LogP contribution is 2.22. The molecule has 4 nitrogen and oxygen atoms in total. The Bertz CT molecular complexity index is 517. The van der Waals surface area contributed by atoms with E-state index in [1.54, 1.807) is 0 Å². The molecular formula is C13H15N3O. The molecule has 88 valence electrons. The monoisotopic (exact) mass is 229 g/mol. The van der Waals surface area contributed by atoms with Crippen LogP contribution in [0.15, 0.2) is 28.7 Å². The van der Waals surface area contributed by atoms with Crippen LogP contribution in [0.1, 0.15) is 11.5 Å². The molecule has 0 amide bonds. The standard InChI is InChI=1S/C13H15N3O/c1-9-4-2-3-5-11(9)13-16-15-12(17-13)6-10-7-14-8-10/h2-5,10,14H,6-8H2,1H3. The Morgan fingerprint density at radius 2 is 2.12 bits per heavy atom. The van der Waals surface area contributed by atoms with E-state index in [1.165, 1.54) is 0 Å². The van der Waals surface area contributed by atoms with Crippen LogP contribution in [0.4, 0.5) is 0 Å². The van der Waals surface area contributed by atoms with E-state index in [0.717, 1.165) is 36.5 Å². The van der Waals surface area contributed by atoms with Crippen LogP contribution in [0.3, 0.4) is 0 Å². The van der Waals surface area contributed by atoms with E-state index in [4.69, 9.17) is 4.42 Å². The molecule has 1 fully saturated rings. The van der Waals surface area contributed by atoms with Crippen LogP contribution < -0.4 is 5.32 Å². The summed E-state index contributed by atoms with van der Waals surface area (Å²) >= 11 is 0. The van der Waals surface area contributed by atoms with E-state index in [9.17, 15) is 0 Å². The first-order valence-electron chi connectivity index (χ1n) is 5.92. The summed E-state index contributed by atoms with van der Waals surface area (Å²) in [7, 11) is 0. The van der Waals surface area contributed by atoms with Gasteiger partial charge in [-0.3, -0.25) is 0 Å². The van der Waals surface area contributed by atoms with Gasteiger partial charge in [0.15, 0.2) is 0 Å². The third-order valence-electron chi connectivity index (χ3n) is 3.17. The Labute approximate surface area is 100 Å². The summed E-state index contributed by atoms with van der Waals surface area (Å²) in [5.41, 5.74) is 2.19. The number of aryl methyl sites for hydroxylation is 1. The van der Waals surface area contributed by atoms with Crippen molar-refractivity contribution in [1.82, 2.24) is 15.5 Å². The number of hydrogen-bond acceptors (Lipinski definition) is 4. The fraction of sp³-hybridized carbons (Fsp3) is 0.385. The van der Waals surface area contributed by atoms with Crippen LogP contribution in [-0.2, 0) is 6.42 Å². The summed E-state index contributed by atoms with van der Waals surface area (Å²) in [6.45, 7) is 4.17. The number of aromatic nitrogens is 2. The van der Waals surface area contributed by atoms with Crippen molar-refractivity contribution in [1.29, 1.82) is 0 Å². The lowest BCUT2D eigenvalue weighted by Gasteiger charge is -2.25. The maximum atomic E-state index is 5.71. The molecule has 3 rings (SSSR count). The summed E-state index contributed by atoms with van der Waals surface area (Å²) in [4.78, 5) is 0. The van der Waals surface area contributed by atoms with Gasteiger partial charge < -0.3 is 9.73 Å². The molecule has 0 aliphatic carbocycles. The van der Waals surface area contributed by atoms with Crippen LogP contribution in [-0.4, -0.2) is 23.3 Å². The second kappa shape index (κ2) is 4.30. The van der Waals surface area contributed by atoms with Gasteiger partial charge in [-0.1, -0.05) is 18.2 Å². The van der Waals surface area contributed by atoms with Crippen molar-refractivity contribution in [2.75, 3.05) is 13.1 Å². The van der Waals surface area contributed by atoms with Gasteiger partial charge in [-0.05, 0) is 37.6 Å². The van der Waals surface area contributed by atoms with Crippen molar-refractivity contribution >= 4 is 0 Å². The van der Waals surface area contributed by atoms with E-state index in [-0.39, 0.29) is 0 Å². The number of nitrogens with one attached hydrogen (secondary N) is 1. The van der Waals surface area contributed by atoms with Gasteiger partial charge in [0.05, 0.1) is 0 Å². The Morgan fingerprint density at radius 3 is 2.82 bits per heavy atom.